The Hall–Kier alpha value is -1.79. The zero-order valence-corrected chi connectivity index (χ0v) is 11.0. The number of hydrogen-bond acceptors (Lipinski definition) is 3. The highest BCUT2D eigenvalue weighted by atomic mass is 16.5. The Bertz CT molecular complexity index is 415. The number of rotatable bonds is 7. The van der Waals surface area contributed by atoms with Crippen molar-refractivity contribution in [2.24, 2.45) is 0 Å². The maximum Gasteiger partial charge on any atom is 0.119 e. The van der Waals surface area contributed by atoms with Crippen molar-refractivity contribution in [3.05, 3.63) is 35.4 Å². The third kappa shape index (κ3) is 5.03. The van der Waals surface area contributed by atoms with Crippen molar-refractivity contribution < 1.29 is 9.47 Å². The van der Waals surface area contributed by atoms with Gasteiger partial charge in [0, 0.05) is 7.11 Å². The molecule has 0 amide bonds. The van der Waals surface area contributed by atoms with Gasteiger partial charge in [0.15, 0.2) is 0 Å². The number of ether oxygens (including phenoxy) is 2. The van der Waals surface area contributed by atoms with Crippen LogP contribution in [0.2, 0.25) is 0 Å². The molecule has 96 valence electrons. The predicted molar refractivity (Wildman–Crippen MR) is 72.3 cm³/mol. The molecule has 0 aliphatic rings. The molecule has 0 spiro atoms. The average molecular weight is 245 g/mol. The molecular formula is C15H19NO2. The van der Waals surface area contributed by atoms with E-state index in [2.05, 4.69) is 13.0 Å². The summed E-state index contributed by atoms with van der Waals surface area (Å²) in [5.74, 6) is 0.867. The molecule has 1 rings (SSSR count). The molecule has 0 saturated carbocycles. The lowest BCUT2D eigenvalue weighted by molar-refractivity contribution is 0.229. The average Bonchev–Trinajstić information content (AvgIpc) is 2.40. The first-order valence-electron chi connectivity index (χ1n) is 6.12. The minimum absolute atomic E-state index is 0.339. The molecule has 18 heavy (non-hydrogen) atoms. The van der Waals surface area contributed by atoms with E-state index in [1.807, 2.05) is 30.3 Å². The maximum absolute atomic E-state index is 8.89. The highest BCUT2D eigenvalue weighted by Gasteiger charge is 1.97. The minimum Gasteiger partial charge on any atom is -0.494 e. The normalized spacial score (nSPS) is 11.1. The van der Waals surface area contributed by atoms with Crippen LogP contribution in [0.15, 0.2) is 29.8 Å². The number of nitrogens with zero attached hydrogens (tertiary/aromatic N) is 1. The second-order valence-corrected chi connectivity index (χ2v) is 3.99. The van der Waals surface area contributed by atoms with Gasteiger partial charge in [-0.3, -0.25) is 0 Å². The van der Waals surface area contributed by atoms with Crippen molar-refractivity contribution in [3.63, 3.8) is 0 Å². The highest BCUT2D eigenvalue weighted by Crippen LogP contribution is 2.15. The Balaban J connectivity index is 2.62. The van der Waals surface area contributed by atoms with Crippen molar-refractivity contribution in [2.75, 3.05) is 20.3 Å². The Morgan fingerprint density at radius 3 is 2.61 bits per heavy atom. The van der Waals surface area contributed by atoms with Gasteiger partial charge in [0.05, 0.1) is 24.9 Å². The summed E-state index contributed by atoms with van der Waals surface area (Å²) in [6.45, 7) is 3.22. The van der Waals surface area contributed by atoms with Gasteiger partial charge >= 0.3 is 0 Å². The summed E-state index contributed by atoms with van der Waals surface area (Å²) in [7, 11) is 1.58. The molecule has 1 aromatic carbocycles. The van der Waals surface area contributed by atoms with E-state index in [1.54, 1.807) is 7.11 Å². The lowest BCUT2D eigenvalue weighted by Gasteiger charge is -2.05. The van der Waals surface area contributed by atoms with E-state index >= 15 is 0 Å². The van der Waals surface area contributed by atoms with E-state index in [4.69, 9.17) is 14.7 Å². The van der Waals surface area contributed by atoms with E-state index in [1.165, 1.54) is 0 Å². The quantitative estimate of drug-likeness (QED) is 0.546. The van der Waals surface area contributed by atoms with Gasteiger partial charge in [-0.05, 0) is 30.2 Å². The van der Waals surface area contributed by atoms with Crippen LogP contribution in [0.5, 0.6) is 5.75 Å². The van der Waals surface area contributed by atoms with Gasteiger partial charge in [-0.15, -0.1) is 0 Å². The monoisotopic (exact) mass is 245 g/mol. The maximum atomic E-state index is 8.89. The SMILES string of the molecule is CCCCOc1ccc(C=C(C#N)COC)cc1. The predicted octanol–water partition coefficient (Wildman–Crippen LogP) is 3.42. The largest absolute Gasteiger partial charge is 0.494 e. The molecule has 0 aliphatic heterocycles. The lowest BCUT2D eigenvalue weighted by Crippen LogP contribution is -1.96. The fourth-order valence-electron chi connectivity index (χ4n) is 1.46. The fraction of sp³-hybridized carbons (Fsp3) is 0.400. The van der Waals surface area contributed by atoms with Crippen molar-refractivity contribution >= 4 is 6.08 Å². The second kappa shape index (κ2) is 8.32. The van der Waals surface area contributed by atoms with E-state index in [9.17, 15) is 0 Å². The smallest absolute Gasteiger partial charge is 0.119 e. The van der Waals surface area contributed by atoms with Crippen LogP contribution in [0.25, 0.3) is 6.08 Å². The topological polar surface area (TPSA) is 42.2 Å². The van der Waals surface area contributed by atoms with Crippen LogP contribution >= 0.6 is 0 Å². The van der Waals surface area contributed by atoms with Crippen molar-refractivity contribution in [2.45, 2.75) is 19.8 Å². The van der Waals surface area contributed by atoms with E-state index in [0.29, 0.717) is 12.2 Å². The zero-order chi connectivity index (χ0) is 13.2. The molecule has 3 heteroatoms. The summed E-state index contributed by atoms with van der Waals surface area (Å²) in [5, 5.41) is 8.89. The Morgan fingerprint density at radius 2 is 2.06 bits per heavy atom. The van der Waals surface area contributed by atoms with Crippen LogP contribution in [0, 0.1) is 11.3 Å². The van der Waals surface area contributed by atoms with Crippen LogP contribution in [0.3, 0.4) is 0 Å². The Morgan fingerprint density at radius 1 is 1.33 bits per heavy atom. The van der Waals surface area contributed by atoms with E-state index in [0.717, 1.165) is 30.8 Å². The number of hydrogen-bond donors (Lipinski definition) is 0. The summed E-state index contributed by atoms with van der Waals surface area (Å²) in [6.07, 6.45) is 4.01. The standard InChI is InChI=1S/C15H19NO2/c1-3-4-9-18-15-7-5-13(6-8-15)10-14(11-16)12-17-2/h5-8,10H,3-4,9,12H2,1-2H3. The summed E-state index contributed by atoms with van der Waals surface area (Å²) < 4.78 is 10.5. The molecule has 0 radical (unpaired) electrons. The first-order chi connectivity index (χ1) is 8.80. The molecule has 1 aromatic rings. The number of benzene rings is 1. The Kier molecular flexibility index (Phi) is 6.60. The molecular weight excluding hydrogens is 226 g/mol. The molecule has 0 N–H and O–H groups in total. The summed E-state index contributed by atoms with van der Waals surface area (Å²) >= 11 is 0. The lowest BCUT2D eigenvalue weighted by atomic mass is 10.1. The van der Waals surface area contributed by atoms with Crippen molar-refractivity contribution in [1.29, 1.82) is 5.26 Å². The first-order valence-corrected chi connectivity index (χ1v) is 6.12. The third-order valence-electron chi connectivity index (χ3n) is 2.43. The van der Waals surface area contributed by atoms with Crippen molar-refractivity contribution in [3.8, 4) is 11.8 Å². The fourth-order valence-corrected chi connectivity index (χ4v) is 1.46. The van der Waals surface area contributed by atoms with Gasteiger partial charge < -0.3 is 9.47 Å². The van der Waals surface area contributed by atoms with Gasteiger partial charge in [0.25, 0.3) is 0 Å². The second-order valence-electron chi connectivity index (χ2n) is 3.99. The molecule has 0 atom stereocenters. The van der Waals surface area contributed by atoms with E-state index < -0.39 is 0 Å². The van der Waals surface area contributed by atoms with Crippen LogP contribution < -0.4 is 4.74 Å². The van der Waals surface area contributed by atoms with Crippen LogP contribution in [-0.2, 0) is 4.74 Å². The van der Waals surface area contributed by atoms with E-state index in [-0.39, 0.29) is 0 Å². The molecule has 3 nitrogen and oxygen atoms in total. The van der Waals surface area contributed by atoms with Crippen LogP contribution in [-0.4, -0.2) is 20.3 Å². The Labute approximate surface area is 109 Å². The van der Waals surface area contributed by atoms with Gasteiger partial charge in [-0.2, -0.15) is 5.26 Å². The van der Waals surface area contributed by atoms with Gasteiger partial charge in [-0.1, -0.05) is 25.5 Å². The zero-order valence-electron chi connectivity index (χ0n) is 11.0. The number of nitriles is 1. The number of unbranched alkanes of at least 4 members (excludes halogenated alkanes) is 1. The molecule has 0 bridgehead atoms. The molecule has 0 unspecified atom stereocenters. The third-order valence-corrected chi connectivity index (χ3v) is 2.43. The number of methoxy groups -OCH3 is 1. The molecule has 0 aromatic heterocycles. The van der Waals surface area contributed by atoms with Crippen LogP contribution in [0.1, 0.15) is 25.3 Å². The minimum atomic E-state index is 0.339. The van der Waals surface area contributed by atoms with Crippen LogP contribution in [0.4, 0.5) is 0 Å². The highest BCUT2D eigenvalue weighted by molar-refractivity contribution is 5.57. The summed E-state index contributed by atoms with van der Waals surface area (Å²) in [6, 6.07) is 9.83. The summed E-state index contributed by atoms with van der Waals surface area (Å²) in [5.41, 5.74) is 1.59. The van der Waals surface area contributed by atoms with Gasteiger partial charge in [-0.25, -0.2) is 0 Å². The van der Waals surface area contributed by atoms with Gasteiger partial charge in [0.2, 0.25) is 0 Å². The molecule has 0 saturated heterocycles. The summed E-state index contributed by atoms with van der Waals surface area (Å²) in [4.78, 5) is 0. The van der Waals surface area contributed by atoms with Crippen molar-refractivity contribution in [1.82, 2.24) is 0 Å². The molecule has 0 fully saturated rings. The molecule has 0 aliphatic carbocycles. The molecule has 0 heterocycles. The van der Waals surface area contributed by atoms with Gasteiger partial charge in [0.1, 0.15) is 5.75 Å². The first kappa shape index (κ1) is 14.3.